The van der Waals surface area contributed by atoms with E-state index in [1.54, 1.807) is 0 Å². The third-order valence-electron chi connectivity index (χ3n) is 1.54. The Bertz CT molecular complexity index is 449. The summed E-state index contributed by atoms with van der Waals surface area (Å²) in [4.78, 5) is 32.1. The number of aromatic nitrogens is 3. The number of aryl methyl sites for hydroxylation is 1. The van der Waals surface area contributed by atoms with Crippen LogP contribution < -0.4 is 16.9 Å². The van der Waals surface area contributed by atoms with Crippen molar-refractivity contribution in [2.75, 3.05) is 6.61 Å². The maximum Gasteiger partial charge on any atom is 0.404 e. The Morgan fingerprint density at radius 2 is 2.33 bits per heavy atom. The van der Waals surface area contributed by atoms with Crippen molar-refractivity contribution >= 4 is 6.09 Å². The Morgan fingerprint density at radius 3 is 3.00 bits per heavy atom. The predicted molar refractivity (Wildman–Crippen MR) is 48.1 cm³/mol. The second-order valence-corrected chi connectivity index (χ2v) is 2.63. The highest BCUT2D eigenvalue weighted by Crippen LogP contribution is 1.85. The van der Waals surface area contributed by atoms with Gasteiger partial charge in [0.15, 0.2) is 0 Å². The molecule has 1 amide bonds. The van der Waals surface area contributed by atoms with E-state index in [-0.39, 0.29) is 13.2 Å². The van der Waals surface area contributed by atoms with Gasteiger partial charge in [-0.15, -0.1) is 0 Å². The summed E-state index contributed by atoms with van der Waals surface area (Å²) in [5.41, 5.74) is 3.16. The first kappa shape index (κ1) is 11.0. The van der Waals surface area contributed by atoms with Crippen LogP contribution in [0.4, 0.5) is 4.79 Å². The number of nitrogens with one attached hydrogen (secondary N) is 1. The molecule has 0 atom stereocenters. The van der Waals surface area contributed by atoms with Crippen LogP contribution in [0.15, 0.2) is 9.59 Å². The van der Waals surface area contributed by atoms with Crippen molar-refractivity contribution in [2.24, 2.45) is 5.73 Å². The van der Waals surface area contributed by atoms with Gasteiger partial charge in [0, 0.05) is 6.54 Å². The molecule has 15 heavy (non-hydrogen) atoms. The van der Waals surface area contributed by atoms with Crippen molar-refractivity contribution in [3.8, 4) is 0 Å². The van der Waals surface area contributed by atoms with Crippen LogP contribution in [0.2, 0.25) is 0 Å². The van der Waals surface area contributed by atoms with Gasteiger partial charge < -0.3 is 10.5 Å². The minimum Gasteiger partial charge on any atom is -0.450 e. The summed E-state index contributed by atoms with van der Waals surface area (Å²) in [5.74, 6) is 0. The molecule has 0 spiro atoms. The Balaban J connectivity index is 2.52. The van der Waals surface area contributed by atoms with Crippen molar-refractivity contribution in [1.82, 2.24) is 14.8 Å². The second kappa shape index (κ2) is 4.94. The molecule has 1 radical (unpaired) electrons. The summed E-state index contributed by atoms with van der Waals surface area (Å²) in [6, 6.07) is 0. The van der Waals surface area contributed by atoms with Gasteiger partial charge in [0.1, 0.15) is 0 Å². The van der Waals surface area contributed by atoms with Gasteiger partial charge in [-0.3, -0.25) is 14.2 Å². The highest BCUT2D eigenvalue weighted by atomic mass is 16.5. The monoisotopic (exact) mass is 213 g/mol. The number of nitrogens with two attached hydrogens (primary N) is 1. The number of primary amides is 1. The molecule has 0 saturated heterocycles. The molecule has 0 aliphatic carbocycles. The van der Waals surface area contributed by atoms with E-state index in [9.17, 15) is 14.4 Å². The van der Waals surface area contributed by atoms with E-state index in [0.717, 1.165) is 4.57 Å². The molecule has 0 unspecified atom stereocenters. The lowest BCUT2D eigenvalue weighted by molar-refractivity contribution is 0.153. The molecular weight excluding hydrogens is 204 g/mol. The quantitative estimate of drug-likeness (QED) is 0.452. The van der Waals surface area contributed by atoms with Gasteiger partial charge in [-0.25, -0.2) is 9.89 Å². The Kier molecular flexibility index (Phi) is 3.61. The molecule has 81 valence electrons. The third-order valence-corrected chi connectivity index (χ3v) is 1.54. The molecule has 0 aliphatic heterocycles. The number of carbonyl (C=O) groups excluding carboxylic acids is 1. The molecule has 0 bridgehead atoms. The molecule has 8 nitrogen and oxygen atoms in total. The molecular formula is C7H9N4O4. The fourth-order valence-corrected chi connectivity index (χ4v) is 0.899. The van der Waals surface area contributed by atoms with Gasteiger partial charge in [-0.1, -0.05) is 0 Å². The number of aromatic amines is 1. The number of amides is 1. The summed E-state index contributed by atoms with van der Waals surface area (Å²) in [6.45, 7) is 0.255. The first-order valence-electron chi connectivity index (χ1n) is 4.10. The zero-order valence-corrected chi connectivity index (χ0v) is 7.73. The lowest BCUT2D eigenvalue weighted by Crippen LogP contribution is -2.37. The number of hydrogen-bond donors (Lipinski definition) is 2. The van der Waals surface area contributed by atoms with Crippen molar-refractivity contribution in [3.05, 3.63) is 27.0 Å². The van der Waals surface area contributed by atoms with E-state index in [0.29, 0.717) is 6.42 Å². The summed E-state index contributed by atoms with van der Waals surface area (Å²) in [7, 11) is 0. The normalized spacial score (nSPS) is 9.87. The summed E-state index contributed by atoms with van der Waals surface area (Å²) in [5, 5.41) is 5.28. The van der Waals surface area contributed by atoms with Gasteiger partial charge in [-0.05, 0) is 6.42 Å². The number of nitrogens with zero attached hydrogens (tertiary/aromatic N) is 2. The first-order chi connectivity index (χ1) is 7.11. The third kappa shape index (κ3) is 3.25. The number of hydrogen-bond acceptors (Lipinski definition) is 5. The van der Waals surface area contributed by atoms with Crippen LogP contribution in [0.1, 0.15) is 6.42 Å². The molecule has 1 rings (SSSR count). The van der Waals surface area contributed by atoms with Crippen LogP contribution in [-0.2, 0) is 11.3 Å². The van der Waals surface area contributed by atoms with Gasteiger partial charge in [-0.2, -0.15) is 5.10 Å². The maximum absolute atomic E-state index is 11.1. The van der Waals surface area contributed by atoms with Crippen molar-refractivity contribution in [1.29, 1.82) is 0 Å². The molecule has 1 aromatic heterocycles. The zero-order chi connectivity index (χ0) is 11.3. The van der Waals surface area contributed by atoms with Crippen LogP contribution in [0.5, 0.6) is 0 Å². The molecule has 0 aliphatic rings. The highest BCUT2D eigenvalue weighted by molar-refractivity contribution is 5.64. The SMILES string of the molecule is NC(=O)OCCCn1[c]n[nH]c(=O)c1=O. The van der Waals surface area contributed by atoms with E-state index in [4.69, 9.17) is 5.73 Å². The van der Waals surface area contributed by atoms with Crippen LogP contribution in [-0.4, -0.2) is 27.5 Å². The minimum absolute atomic E-state index is 0.0718. The Hall–Kier alpha value is -2.12. The van der Waals surface area contributed by atoms with Crippen molar-refractivity contribution < 1.29 is 9.53 Å². The van der Waals surface area contributed by atoms with E-state index in [1.807, 2.05) is 5.10 Å². The highest BCUT2D eigenvalue weighted by Gasteiger charge is 2.01. The number of rotatable bonds is 4. The molecule has 3 N–H and O–H groups in total. The summed E-state index contributed by atoms with van der Waals surface area (Å²) >= 11 is 0. The Morgan fingerprint density at radius 1 is 1.60 bits per heavy atom. The van der Waals surface area contributed by atoms with Gasteiger partial charge in [0.25, 0.3) is 0 Å². The fraction of sp³-hybridized carbons (Fsp3) is 0.429. The lowest BCUT2D eigenvalue weighted by Gasteiger charge is -2.02. The van der Waals surface area contributed by atoms with Crippen LogP contribution >= 0.6 is 0 Å². The number of ether oxygens (including phenoxy) is 1. The zero-order valence-electron chi connectivity index (χ0n) is 7.73. The maximum atomic E-state index is 11.1. The number of carbonyl (C=O) groups is 1. The molecule has 8 heteroatoms. The molecule has 1 aromatic rings. The minimum atomic E-state index is -0.879. The van der Waals surface area contributed by atoms with E-state index in [2.05, 4.69) is 16.2 Å². The predicted octanol–water partition coefficient (Wildman–Crippen LogP) is -1.78. The average Bonchev–Trinajstić information content (AvgIpc) is 2.18. The van der Waals surface area contributed by atoms with Crippen LogP contribution in [0, 0.1) is 6.33 Å². The molecule has 0 aromatic carbocycles. The van der Waals surface area contributed by atoms with Crippen LogP contribution in [0.25, 0.3) is 0 Å². The standard InChI is InChI=1S/C7H9N4O4/c8-7(14)15-3-1-2-11-4-9-10-5(12)6(11)13/h1-3H2,(H2,8,14)(H,10,12). The largest absolute Gasteiger partial charge is 0.450 e. The first-order valence-corrected chi connectivity index (χ1v) is 4.10. The van der Waals surface area contributed by atoms with Gasteiger partial charge >= 0.3 is 17.2 Å². The molecule has 0 saturated carbocycles. The smallest absolute Gasteiger partial charge is 0.404 e. The number of H-pyrrole nitrogens is 1. The van der Waals surface area contributed by atoms with Gasteiger partial charge in [0.2, 0.25) is 6.33 Å². The fourth-order valence-electron chi connectivity index (χ4n) is 0.899. The van der Waals surface area contributed by atoms with Gasteiger partial charge in [0.05, 0.1) is 6.61 Å². The van der Waals surface area contributed by atoms with Crippen LogP contribution in [0.3, 0.4) is 0 Å². The average molecular weight is 213 g/mol. The van der Waals surface area contributed by atoms with Crippen molar-refractivity contribution in [2.45, 2.75) is 13.0 Å². The Labute approximate surface area is 83.7 Å². The van der Waals surface area contributed by atoms with Crippen molar-refractivity contribution in [3.63, 3.8) is 0 Å². The van der Waals surface area contributed by atoms with E-state index in [1.165, 1.54) is 0 Å². The second-order valence-electron chi connectivity index (χ2n) is 2.63. The molecule has 1 heterocycles. The summed E-state index contributed by atoms with van der Waals surface area (Å²) < 4.78 is 5.44. The molecule has 0 fully saturated rings. The topological polar surface area (TPSA) is 120 Å². The lowest BCUT2D eigenvalue weighted by atomic mass is 10.4. The van der Waals surface area contributed by atoms with E-state index >= 15 is 0 Å². The summed E-state index contributed by atoms with van der Waals surface area (Å²) in [6.07, 6.45) is 1.76. The van der Waals surface area contributed by atoms with E-state index < -0.39 is 17.2 Å².